The van der Waals surface area contributed by atoms with Gasteiger partial charge < -0.3 is 10.3 Å². The van der Waals surface area contributed by atoms with E-state index in [9.17, 15) is 4.79 Å². The molecule has 1 unspecified atom stereocenters. The Morgan fingerprint density at radius 1 is 1.47 bits per heavy atom. The Balaban J connectivity index is 2.16. The zero-order valence-electron chi connectivity index (χ0n) is 10.9. The van der Waals surface area contributed by atoms with Crippen LogP contribution in [-0.2, 0) is 0 Å². The number of aromatic amines is 1. The highest BCUT2D eigenvalue weighted by Crippen LogP contribution is 2.18. The summed E-state index contributed by atoms with van der Waals surface area (Å²) in [6.45, 7) is 2.01. The molecule has 5 nitrogen and oxygen atoms in total. The van der Waals surface area contributed by atoms with Gasteiger partial charge >= 0.3 is 0 Å². The van der Waals surface area contributed by atoms with Crippen LogP contribution in [0.2, 0.25) is 0 Å². The van der Waals surface area contributed by atoms with E-state index in [1.165, 1.54) is 11.8 Å². The highest BCUT2D eigenvalue weighted by atomic mass is 32.2. The van der Waals surface area contributed by atoms with Gasteiger partial charge in [-0.05, 0) is 24.8 Å². The molecule has 1 atom stereocenters. The van der Waals surface area contributed by atoms with Gasteiger partial charge in [0.05, 0.1) is 11.6 Å². The summed E-state index contributed by atoms with van der Waals surface area (Å²) in [7, 11) is 0. The Hall–Kier alpha value is -1.82. The van der Waals surface area contributed by atoms with Crippen molar-refractivity contribution < 1.29 is 4.79 Å². The number of thioether (sulfide) groups is 1. The van der Waals surface area contributed by atoms with E-state index < -0.39 is 0 Å². The van der Waals surface area contributed by atoms with Crippen molar-refractivity contribution in [2.24, 2.45) is 0 Å². The Labute approximate surface area is 116 Å². The van der Waals surface area contributed by atoms with Crippen LogP contribution >= 0.6 is 11.8 Å². The van der Waals surface area contributed by atoms with Gasteiger partial charge in [0.15, 0.2) is 0 Å². The van der Waals surface area contributed by atoms with Crippen molar-refractivity contribution >= 4 is 17.7 Å². The second kappa shape index (κ2) is 6.38. The van der Waals surface area contributed by atoms with Gasteiger partial charge in [-0.2, -0.15) is 0 Å². The van der Waals surface area contributed by atoms with Gasteiger partial charge in [0.1, 0.15) is 10.9 Å². The van der Waals surface area contributed by atoms with E-state index in [1.807, 2.05) is 13.2 Å². The number of carbonyl (C=O) groups is 1. The molecule has 0 aliphatic heterocycles. The van der Waals surface area contributed by atoms with Crippen molar-refractivity contribution in [2.75, 3.05) is 6.26 Å². The van der Waals surface area contributed by atoms with Crippen LogP contribution in [0.4, 0.5) is 0 Å². The normalized spacial score (nSPS) is 12.1. The molecule has 0 saturated heterocycles. The van der Waals surface area contributed by atoms with Crippen LogP contribution in [0.1, 0.15) is 35.6 Å². The SMILES string of the molecule is CCC(NC(=O)c1cccnc1SC)c1ncc[nH]1. The lowest BCUT2D eigenvalue weighted by atomic mass is 10.2. The number of nitrogens with zero attached hydrogens (tertiary/aromatic N) is 2. The fourth-order valence-electron chi connectivity index (χ4n) is 1.79. The quantitative estimate of drug-likeness (QED) is 0.823. The predicted octanol–water partition coefficient (Wildman–Crippen LogP) is 2.41. The van der Waals surface area contributed by atoms with Gasteiger partial charge in [0.2, 0.25) is 0 Å². The lowest BCUT2D eigenvalue weighted by Crippen LogP contribution is -2.29. The minimum absolute atomic E-state index is 0.114. The minimum atomic E-state index is -0.124. The van der Waals surface area contributed by atoms with Crippen molar-refractivity contribution in [2.45, 2.75) is 24.4 Å². The molecule has 100 valence electrons. The third kappa shape index (κ3) is 3.14. The molecule has 0 fully saturated rings. The van der Waals surface area contributed by atoms with Gasteiger partial charge in [0, 0.05) is 18.6 Å². The molecule has 2 aromatic rings. The molecule has 0 aliphatic carbocycles. The third-order valence-corrected chi connectivity index (χ3v) is 3.48. The Bertz CT molecular complexity index is 541. The summed E-state index contributed by atoms with van der Waals surface area (Å²) >= 11 is 1.46. The average molecular weight is 276 g/mol. The molecule has 0 aliphatic rings. The minimum Gasteiger partial charge on any atom is -0.347 e. The predicted molar refractivity (Wildman–Crippen MR) is 75.1 cm³/mol. The number of imidazole rings is 1. The van der Waals surface area contributed by atoms with Crippen molar-refractivity contribution in [3.05, 3.63) is 42.1 Å². The van der Waals surface area contributed by atoms with Crippen LogP contribution in [0, 0.1) is 0 Å². The Morgan fingerprint density at radius 3 is 2.95 bits per heavy atom. The summed E-state index contributed by atoms with van der Waals surface area (Å²) in [5.41, 5.74) is 0.597. The summed E-state index contributed by atoms with van der Waals surface area (Å²) in [6.07, 6.45) is 7.80. The van der Waals surface area contributed by atoms with E-state index in [4.69, 9.17) is 0 Å². The standard InChI is InChI=1S/C13H16N4OS/c1-3-10(11-14-7-8-15-11)17-12(18)9-5-4-6-16-13(9)19-2/h4-8,10H,3H2,1-2H3,(H,14,15)(H,17,18). The number of H-pyrrole nitrogens is 1. The summed E-state index contributed by atoms with van der Waals surface area (Å²) in [6, 6.07) is 3.43. The monoisotopic (exact) mass is 276 g/mol. The third-order valence-electron chi connectivity index (χ3n) is 2.77. The molecule has 6 heteroatoms. The fourth-order valence-corrected chi connectivity index (χ4v) is 2.34. The van der Waals surface area contributed by atoms with Gasteiger partial charge in [-0.25, -0.2) is 9.97 Å². The molecule has 0 spiro atoms. The highest BCUT2D eigenvalue weighted by Gasteiger charge is 2.18. The molecule has 0 saturated carbocycles. The summed E-state index contributed by atoms with van der Waals surface area (Å²) in [5, 5.41) is 3.70. The molecule has 1 amide bonds. The van der Waals surface area contributed by atoms with E-state index in [2.05, 4.69) is 20.3 Å². The average Bonchev–Trinajstić information content (AvgIpc) is 2.98. The molecule has 2 rings (SSSR count). The van der Waals surface area contributed by atoms with Crippen LogP contribution in [0.3, 0.4) is 0 Å². The Morgan fingerprint density at radius 2 is 2.32 bits per heavy atom. The van der Waals surface area contributed by atoms with Crippen molar-refractivity contribution in [1.82, 2.24) is 20.3 Å². The molecule has 2 N–H and O–H groups in total. The first-order chi connectivity index (χ1) is 9.26. The highest BCUT2D eigenvalue weighted by molar-refractivity contribution is 7.98. The number of rotatable bonds is 5. The van der Waals surface area contributed by atoms with Gasteiger partial charge in [-0.15, -0.1) is 11.8 Å². The Kier molecular flexibility index (Phi) is 4.57. The second-order valence-corrected chi connectivity index (χ2v) is 4.76. The van der Waals surface area contributed by atoms with Gasteiger partial charge in [-0.3, -0.25) is 4.79 Å². The van der Waals surface area contributed by atoms with E-state index in [0.29, 0.717) is 5.56 Å². The maximum Gasteiger partial charge on any atom is 0.254 e. The zero-order chi connectivity index (χ0) is 13.7. The number of aromatic nitrogens is 3. The van der Waals surface area contributed by atoms with E-state index in [1.54, 1.807) is 30.7 Å². The topological polar surface area (TPSA) is 70.7 Å². The van der Waals surface area contributed by atoms with Crippen molar-refractivity contribution in [3.63, 3.8) is 0 Å². The van der Waals surface area contributed by atoms with E-state index in [0.717, 1.165) is 17.3 Å². The molecule has 0 bridgehead atoms. The van der Waals surface area contributed by atoms with Crippen LogP contribution in [-0.4, -0.2) is 27.1 Å². The molecular formula is C13H16N4OS. The first-order valence-electron chi connectivity index (χ1n) is 6.05. The first-order valence-corrected chi connectivity index (χ1v) is 7.27. The fraction of sp³-hybridized carbons (Fsp3) is 0.308. The van der Waals surface area contributed by atoms with E-state index in [-0.39, 0.29) is 11.9 Å². The maximum absolute atomic E-state index is 12.3. The summed E-state index contributed by atoms with van der Waals surface area (Å²) in [4.78, 5) is 23.7. The number of hydrogen-bond acceptors (Lipinski definition) is 4. The van der Waals surface area contributed by atoms with Crippen LogP contribution in [0.25, 0.3) is 0 Å². The molecule has 0 aromatic carbocycles. The number of hydrogen-bond donors (Lipinski definition) is 2. The van der Waals surface area contributed by atoms with Gasteiger partial charge in [-0.1, -0.05) is 6.92 Å². The first kappa shape index (κ1) is 13.6. The largest absolute Gasteiger partial charge is 0.347 e. The van der Waals surface area contributed by atoms with Crippen molar-refractivity contribution in [3.8, 4) is 0 Å². The van der Waals surface area contributed by atoms with Crippen LogP contribution < -0.4 is 5.32 Å². The molecule has 2 aromatic heterocycles. The maximum atomic E-state index is 12.3. The lowest BCUT2D eigenvalue weighted by Gasteiger charge is -2.15. The van der Waals surface area contributed by atoms with Gasteiger partial charge in [0.25, 0.3) is 5.91 Å². The van der Waals surface area contributed by atoms with Crippen LogP contribution in [0.5, 0.6) is 0 Å². The number of carbonyl (C=O) groups excluding carboxylic acids is 1. The van der Waals surface area contributed by atoms with Crippen molar-refractivity contribution in [1.29, 1.82) is 0 Å². The van der Waals surface area contributed by atoms with E-state index >= 15 is 0 Å². The van der Waals surface area contributed by atoms with Crippen LogP contribution in [0.15, 0.2) is 35.7 Å². The summed E-state index contributed by atoms with van der Waals surface area (Å²) < 4.78 is 0. The molecule has 19 heavy (non-hydrogen) atoms. The molecule has 2 heterocycles. The summed E-state index contributed by atoms with van der Waals surface area (Å²) in [5.74, 6) is 0.645. The number of amides is 1. The number of pyridine rings is 1. The second-order valence-electron chi connectivity index (χ2n) is 3.97. The molecular weight excluding hydrogens is 260 g/mol. The smallest absolute Gasteiger partial charge is 0.254 e. The lowest BCUT2D eigenvalue weighted by molar-refractivity contribution is 0.0930. The molecule has 0 radical (unpaired) electrons. The zero-order valence-corrected chi connectivity index (χ0v) is 11.7. The number of nitrogens with one attached hydrogen (secondary N) is 2.